The topological polar surface area (TPSA) is 49.4 Å². The van der Waals surface area contributed by atoms with Gasteiger partial charge >= 0.3 is 0 Å². The van der Waals surface area contributed by atoms with Crippen LogP contribution in [0, 0.1) is 0 Å². The molecule has 0 saturated heterocycles. The van der Waals surface area contributed by atoms with Crippen LogP contribution in [0.3, 0.4) is 0 Å². The predicted octanol–water partition coefficient (Wildman–Crippen LogP) is 1.38. The first kappa shape index (κ1) is 10.1. The first-order valence-electron chi connectivity index (χ1n) is 3.33. The average molecular weight is 165 g/mol. The molecule has 0 N–H and O–H groups in total. The van der Waals surface area contributed by atoms with Crippen molar-refractivity contribution in [3.8, 4) is 0 Å². The Balaban J connectivity index is 3.92. The summed E-state index contributed by atoms with van der Waals surface area (Å²) in [5.74, 6) is 0. The van der Waals surface area contributed by atoms with Gasteiger partial charge in [0, 0.05) is 0 Å². The molecule has 62 valence electrons. The minimum atomic E-state index is -2.38. The van der Waals surface area contributed by atoms with Gasteiger partial charge in [-0.15, -0.1) is 0 Å². The lowest BCUT2D eigenvalue weighted by Gasteiger charge is -2.27. The zero-order valence-electron chi connectivity index (χ0n) is 6.55. The molecule has 1 unspecified atom stereocenters. The summed E-state index contributed by atoms with van der Waals surface area (Å²) in [6.45, 7) is 5.58. The van der Waals surface area contributed by atoms with Crippen molar-refractivity contribution in [2.24, 2.45) is 0 Å². The molecule has 0 aliphatic heterocycles. The molecule has 4 heteroatoms. The lowest BCUT2D eigenvalue weighted by atomic mass is 10.0. The monoisotopic (exact) mass is 165 g/mol. The first-order valence-corrected chi connectivity index (χ1v) is 4.33. The first-order chi connectivity index (χ1) is 4.54. The second kappa shape index (κ2) is 4.05. The molecule has 0 radical (unpaired) electrons. The van der Waals surface area contributed by atoms with E-state index in [4.69, 9.17) is 0 Å². The average Bonchev–Trinajstić information content (AvgIpc) is 1.87. The Kier molecular flexibility index (Phi) is 4.08. The molecule has 0 aliphatic rings. The third-order valence-corrected chi connectivity index (χ3v) is 2.30. The van der Waals surface area contributed by atoms with Crippen LogP contribution in [0.25, 0.3) is 0 Å². The van der Waals surface area contributed by atoms with Crippen LogP contribution in [-0.4, -0.2) is 14.4 Å². The highest BCUT2D eigenvalue weighted by molar-refractivity contribution is 7.74. The van der Waals surface area contributed by atoms with Crippen LogP contribution in [0.2, 0.25) is 0 Å². The highest BCUT2D eigenvalue weighted by Gasteiger charge is 2.20. The molecule has 0 fully saturated rings. The predicted molar refractivity (Wildman–Crippen MR) is 39.0 cm³/mol. The fourth-order valence-electron chi connectivity index (χ4n) is 0.532. The highest BCUT2D eigenvalue weighted by atomic mass is 32.2. The maximum absolute atomic E-state index is 10.1. The van der Waals surface area contributed by atoms with Crippen molar-refractivity contribution < 1.29 is 12.9 Å². The third kappa shape index (κ3) is 3.29. The molecule has 0 amide bonds. The van der Waals surface area contributed by atoms with E-state index in [0.717, 1.165) is 0 Å². The van der Waals surface area contributed by atoms with E-state index in [1.165, 1.54) is 0 Å². The van der Waals surface area contributed by atoms with Gasteiger partial charge in [0.1, 0.15) is 0 Å². The molecule has 1 atom stereocenters. The minimum absolute atomic E-state index is 0.507. The quantitative estimate of drug-likeness (QED) is 0.591. The van der Waals surface area contributed by atoms with Gasteiger partial charge in [0.05, 0.1) is 17.0 Å². The zero-order valence-corrected chi connectivity index (χ0v) is 7.36. The van der Waals surface area contributed by atoms with Crippen molar-refractivity contribution in [2.75, 3.05) is 0 Å². The summed E-state index contributed by atoms with van der Waals surface area (Å²) in [5.41, 5.74) is -0.507. The number of rotatable bonds is 4. The maximum atomic E-state index is 10.1. The van der Waals surface area contributed by atoms with Crippen LogP contribution in [0.1, 0.15) is 33.6 Å². The standard InChI is InChI=1S/C6H14O3S/c1-4-6(3,5-2)9-10(7)8/h4-5H2,1-3H3,(H,7,8)/p-1. The van der Waals surface area contributed by atoms with Crippen molar-refractivity contribution in [3.63, 3.8) is 0 Å². The third-order valence-electron chi connectivity index (χ3n) is 1.77. The van der Waals surface area contributed by atoms with Gasteiger partial charge in [-0.25, -0.2) is 4.21 Å². The molecule has 0 bridgehead atoms. The Morgan fingerprint density at radius 3 is 2.00 bits per heavy atom. The van der Waals surface area contributed by atoms with E-state index in [0.29, 0.717) is 12.8 Å². The van der Waals surface area contributed by atoms with Crippen molar-refractivity contribution in [3.05, 3.63) is 0 Å². The molecule has 0 aromatic heterocycles. The Morgan fingerprint density at radius 1 is 1.50 bits per heavy atom. The van der Waals surface area contributed by atoms with E-state index < -0.39 is 17.0 Å². The lowest BCUT2D eigenvalue weighted by molar-refractivity contribution is 0.0842. The van der Waals surface area contributed by atoms with E-state index >= 15 is 0 Å². The molecule has 0 aliphatic carbocycles. The normalized spacial score (nSPS) is 15.2. The van der Waals surface area contributed by atoms with Crippen LogP contribution >= 0.6 is 0 Å². The SMILES string of the molecule is CCC(C)(CC)OS(=O)[O-]. The van der Waals surface area contributed by atoms with Crippen molar-refractivity contribution in [1.29, 1.82) is 0 Å². The summed E-state index contributed by atoms with van der Waals surface area (Å²) in [4.78, 5) is 0. The molecule has 0 saturated carbocycles. The van der Waals surface area contributed by atoms with E-state index in [1.54, 1.807) is 6.92 Å². The Morgan fingerprint density at radius 2 is 1.90 bits per heavy atom. The van der Waals surface area contributed by atoms with Crippen molar-refractivity contribution >= 4 is 11.4 Å². The van der Waals surface area contributed by atoms with Crippen LogP contribution < -0.4 is 0 Å². The Labute approximate surface area is 64.3 Å². The summed E-state index contributed by atoms with van der Waals surface area (Å²) < 4.78 is 24.9. The molecule has 3 nitrogen and oxygen atoms in total. The summed E-state index contributed by atoms with van der Waals surface area (Å²) in [5, 5.41) is 0. The minimum Gasteiger partial charge on any atom is -0.750 e. The molecule has 0 heterocycles. The van der Waals surface area contributed by atoms with Crippen LogP contribution in [0.15, 0.2) is 0 Å². The summed E-state index contributed by atoms with van der Waals surface area (Å²) in [7, 11) is 0. The van der Waals surface area contributed by atoms with Gasteiger partial charge in [-0.1, -0.05) is 13.8 Å². The number of hydrogen-bond acceptors (Lipinski definition) is 3. The Hall–Kier alpha value is 0.0700. The largest absolute Gasteiger partial charge is 0.750 e. The molecular weight excluding hydrogens is 152 g/mol. The van der Waals surface area contributed by atoms with E-state index in [2.05, 4.69) is 4.18 Å². The molecule has 10 heavy (non-hydrogen) atoms. The zero-order chi connectivity index (χ0) is 8.20. The lowest BCUT2D eigenvalue weighted by Crippen LogP contribution is -2.27. The van der Waals surface area contributed by atoms with Crippen molar-refractivity contribution in [1.82, 2.24) is 0 Å². The molecular formula is C6H13O3S-. The number of hydrogen-bond donors (Lipinski definition) is 0. The molecule has 0 aromatic carbocycles. The van der Waals surface area contributed by atoms with E-state index in [1.807, 2.05) is 13.8 Å². The Bertz CT molecular complexity index is 120. The van der Waals surface area contributed by atoms with Crippen molar-refractivity contribution in [2.45, 2.75) is 39.2 Å². The summed E-state index contributed by atoms with van der Waals surface area (Å²) >= 11 is -2.38. The molecule has 0 rings (SSSR count). The van der Waals surface area contributed by atoms with Gasteiger partial charge in [0.2, 0.25) is 0 Å². The fraction of sp³-hybridized carbons (Fsp3) is 1.00. The van der Waals surface area contributed by atoms with Gasteiger partial charge in [0.15, 0.2) is 0 Å². The second-order valence-electron chi connectivity index (χ2n) is 2.44. The summed E-state index contributed by atoms with van der Waals surface area (Å²) in [6.07, 6.45) is 1.41. The second-order valence-corrected chi connectivity index (χ2v) is 3.02. The smallest absolute Gasteiger partial charge is 0.0847 e. The van der Waals surface area contributed by atoms with Gasteiger partial charge in [-0.3, -0.25) is 4.18 Å². The highest BCUT2D eigenvalue weighted by Crippen LogP contribution is 2.19. The maximum Gasteiger partial charge on any atom is 0.0847 e. The molecule has 0 aromatic rings. The summed E-state index contributed by atoms with van der Waals surface area (Å²) in [6, 6.07) is 0. The molecule has 0 spiro atoms. The van der Waals surface area contributed by atoms with Crippen LogP contribution in [0.4, 0.5) is 0 Å². The van der Waals surface area contributed by atoms with Gasteiger partial charge < -0.3 is 4.55 Å². The fourth-order valence-corrected chi connectivity index (χ4v) is 1.10. The van der Waals surface area contributed by atoms with Gasteiger partial charge in [0.25, 0.3) is 0 Å². The van der Waals surface area contributed by atoms with Crippen LogP contribution in [0.5, 0.6) is 0 Å². The van der Waals surface area contributed by atoms with Gasteiger partial charge in [-0.05, 0) is 19.8 Å². The van der Waals surface area contributed by atoms with E-state index in [-0.39, 0.29) is 0 Å². The van der Waals surface area contributed by atoms with E-state index in [9.17, 15) is 8.76 Å². The van der Waals surface area contributed by atoms with Crippen LogP contribution in [-0.2, 0) is 15.5 Å². The van der Waals surface area contributed by atoms with Gasteiger partial charge in [-0.2, -0.15) is 0 Å².